The second kappa shape index (κ2) is 9.81. The van der Waals surface area contributed by atoms with Crippen molar-refractivity contribution in [3.63, 3.8) is 0 Å². The number of amides is 1. The van der Waals surface area contributed by atoms with E-state index >= 15 is 0 Å². The molecule has 1 aliphatic heterocycles. The van der Waals surface area contributed by atoms with Crippen molar-refractivity contribution in [2.45, 2.75) is 52.9 Å². The first-order valence-electron chi connectivity index (χ1n) is 10.6. The Kier molecular flexibility index (Phi) is 7.18. The van der Waals surface area contributed by atoms with Crippen LogP contribution in [0.5, 0.6) is 0 Å². The second-order valence-electron chi connectivity index (χ2n) is 7.75. The summed E-state index contributed by atoms with van der Waals surface area (Å²) in [4.78, 5) is 25.8. The predicted octanol–water partition coefficient (Wildman–Crippen LogP) is 4.05. The number of benzene rings is 1. The van der Waals surface area contributed by atoms with Crippen LogP contribution in [0.1, 0.15) is 55.3 Å². The standard InChI is InChI=1S/C23H31FN4O/c1-4-5-6-11-22(29)27-12-14-28(15-13-27)23-20(17(2)25-18(3)26-23)16-19-9-7-8-10-21(19)24/h7-10H,4-6,11-16H2,1-3H3. The van der Waals surface area contributed by atoms with Crippen molar-refractivity contribution in [1.29, 1.82) is 0 Å². The Balaban J connectivity index is 1.74. The zero-order valence-corrected chi connectivity index (χ0v) is 17.7. The number of halogens is 1. The average Bonchev–Trinajstić information content (AvgIpc) is 2.71. The molecular weight excluding hydrogens is 367 g/mol. The monoisotopic (exact) mass is 398 g/mol. The van der Waals surface area contributed by atoms with Crippen molar-refractivity contribution in [3.05, 3.63) is 52.7 Å². The molecule has 2 aromatic rings. The van der Waals surface area contributed by atoms with E-state index in [1.807, 2.05) is 30.9 Å². The van der Waals surface area contributed by atoms with E-state index in [0.717, 1.165) is 49.4 Å². The molecule has 1 aliphatic rings. The second-order valence-corrected chi connectivity index (χ2v) is 7.75. The highest BCUT2D eigenvalue weighted by atomic mass is 19.1. The minimum Gasteiger partial charge on any atom is -0.353 e. The Bertz CT molecular complexity index is 847. The van der Waals surface area contributed by atoms with Crippen molar-refractivity contribution in [1.82, 2.24) is 14.9 Å². The fourth-order valence-corrected chi connectivity index (χ4v) is 3.87. The van der Waals surface area contributed by atoms with E-state index in [2.05, 4.69) is 16.8 Å². The number of anilines is 1. The Morgan fingerprint density at radius 1 is 1.07 bits per heavy atom. The van der Waals surface area contributed by atoms with Crippen LogP contribution in [0.25, 0.3) is 0 Å². The van der Waals surface area contributed by atoms with Gasteiger partial charge in [0.2, 0.25) is 5.91 Å². The molecule has 6 heteroatoms. The Hall–Kier alpha value is -2.50. The van der Waals surface area contributed by atoms with Gasteiger partial charge in [-0.2, -0.15) is 0 Å². The van der Waals surface area contributed by atoms with Gasteiger partial charge in [-0.1, -0.05) is 38.0 Å². The maximum Gasteiger partial charge on any atom is 0.222 e. The Morgan fingerprint density at radius 3 is 2.48 bits per heavy atom. The highest BCUT2D eigenvalue weighted by molar-refractivity contribution is 5.76. The summed E-state index contributed by atoms with van der Waals surface area (Å²) in [6, 6.07) is 6.86. The molecule has 0 bridgehead atoms. The average molecular weight is 399 g/mol. The minimum atomic E-state index is -0.207. The van der Waals surface area contributed by atoms with Crippen molar-refractivity contribution < 1.29 is 9.18 Å². The van der Waals surface area contributed by atoms with Crippen LogP contribution in [0.4, 0.5) is 10.2 Å². The fraction of sp³-hybridized carbons (Fsp3) is 0.522. The van der Waals surface area contributed by atoms with Gasteiger partial charge in [-0.15, -0.1) is 0 Å². The predicted molar refractivity (Wildman–Crippen MR) is 114 cm³/mol. The first-order valence-corrected chi connectivity index (χ1v) is 10.6. The van der Waals surface area contributed by atoms with Crippen LogP contribution in [0.3, 0.4) is 0 Å². The molecule has 1 amide bonds. The molecule has 1 aromatic heterocycles. The molecule has 0 radical (unpaired) electrons. The third-order valence-electron chi connectivity index (χ3n) is 5.56. The van der Waals surface area contributed by atoms with Gasteiger partial charge >= 0.3 is 0 Å². The lowest BCUT2D eigenvalue weighted by atomic mass is 10.0. The summed E-state index contributed by atoms with van der Waals surface area (Å²) >= 11 is 0. The van der Waals surface area contributed by atoms with Crippen LogP contribution >= 0.6 is 0 Å². The molecule has 0 unspecified atom stereocenters. The third kappa shape index (κ3) is 5.31. The van der Waals surface area contributed by atoms with E-state index in [1.165, 1.54) is 6.07 Å². The van der Waals surface area contributed by atoms with Crippen molar-refractivity contribution in [2.75, 3.05) is 31.1 Å². The van der Waals surface area contributed by atoms with Gasteiger partial charge in [-0.25, -0.2) is 14.4 Å². The number of carbonyl (C=O) groups is 1. The van der Waals surface area contributed by atoms with Crippen LogP contribution in [-0.4, -0.2) is 47.0 Å². The molecule has 0 atom stereocenters. The number of unbranched alkanes of at least 4 members (excludes halogenated alkanes) is 2. The summed E-state index contributed by atoms with van der Waals surface area (Å²) in [5.74, 6) is 1.63. The number of carbonyl (C=O) groups excluding carboxylic acids is 1. The van der Waals surface area contributed by atoms with Gasteiger partial charge in [0.1, 0.15) is 17.5 Å². The lowest BCUT2D eigenvalue weighted by Crippen LogP contribution is -2.49. The quantitative estimate of drug-likeness (QED) is 0.660. The zero-order valence-electron chi connectivity index (χ0n) is 17.7. The van der Waals surface area contributed by atoms with E-state index in [4.69, 9.17) is 4.98 Å². The molecule has 1 saturated heterocycles. The van der Waals surface area contributed by atoms with Crippen LogP contribution in [0.2, 0.25) is 0 Å². The third-order valence-corrected chi connectivity index (χ3v) is 5.56. The molecule has 5 nitrogen and oxygen atoms in total. The molecule has 2 heterocycles. The maximum absolute atomic E-state index is 14.2. The van der Waals surface area contributed by atoms with Gasteiger partial charge in [0.15, 0.2) is 0 Å². The van der Waals surface area contributed by atoms with Crippen molar-refractivity contribution in [3.8, 4) is 0 Å². The molecule has 3 rings (SSSR count). The van der Waals surface area contributed by atoms with Crippen LogP contribution in [0.15, 0.2) is 24.3 Å². The van der Waals surface area contributed by atoms with Crippen LogP contribution in [-0.2, 0) is 11.2 Å². The largest absolute Gasteiger partial charge is 0.353 e. The first-order chi connectivity index (χ1) is 14.0. The van der Waals surface area contributed by atoms with Gasteiger partial charge in [-0.3, -0.25) is 4.79 Å². The summed E-state index contributed by atoms with van der Waals surface area (Å²) in [7, 11) is 0. The number of hydrogen-bond donors (Lipinski definition) is 0. The van der Waals surface area contributed by atoms with Crippen molar-refractivity contribution in [2.24, 2.45) is 0 Å². The lowest BCUT2D eigenvalue weighted by Gasteiger charge is -2.36. The number of nitrogens with zero attached hydrogens (tertiary/aromatic N) is 4. The Labute approximate surface area is 173 Å². The number of aryl methyl sites for hydroxylation is 2. The van der Waals surface area contributed by atoms with Crippen LogP contribution in [0, 0.1) is 19.7 Å². The summed E-state index contributed by atoms with van der Waals surface area (Å²) in [6.45, 7) is 8.87. The molecule has 156 valence electrons. The number of hydrogen-bond acceptors (Lipinski definition) is 4. The summed E-state index contributed by atoms with van der Waals surface area (Å²) in [6.07, 6.45) is 4.29. The van der Waals surface area contributed by atoms with Gasteiger partial charge in [0, 0.05) is 50.3 Å². The van der Waals surface area contributed by atoms with E-state index in [1.54, 1.807) is 6.07 Å². The molecular formula is C23H31FN4O. The molecule has 0 saturated carbocycles. The zero-order chi connectivity index (χ0) is 20.8. The summed E-state index contributed by atoms with van der Waals surface area (Å²) < 4.78 is 14.2. The number of aromatic nitrogens is 2. The fourth-order valence-electron chi connectivity index (χ4n) is 3.87. The molecule has 1 aromatic carbocycles. The first kappa shape index (κ1) is 21.2. The molecule has 0 spiro atoms. The lowest BCUT2D eigenvalue weighted by molar-refractivity contribution is -0.131. The van der Waals surface area contributed by atoms with Crippen molar-refractivity contribution >= 4 is 11.7 Å². The number of rotatable bonds is 7. The molecule has 0 N–H and O–H groups in total. The van der Waals surface area contributed by atoms with Gasteiger partial charge < -0.3 is 9.80 Å². The topological polar surface area (TPSA) is 49.3 Å². The Morgan fingerprint density at radius 2 is 1.79 bits per heavy atom. The van der Waals surface area contributed by atoms with Gasteiger partial charge in [-0.05, 0) is 31.9 Å². The highest BCUT2D eigenvalue weighted by Gasteiger charge is 2.24. The van der Waals surface area contributed by atoms with E-state index < -0.39 is 0 Å². The van der Waals surface area contributed by atoms with Gasteiger partial charge in [0.25, 0.3) is 0 Å². The SMILES string of the molecule is CCCCCC(=O)N1CCN(c2nc(C)nc(C)c2Cc2ccccc2F)CC1. The summed E-state index contributed by atoms with van der Waals surface area (Å²) in [5.41, 5.74) is 2.49. The highest BCUT2D eigenvalue weighted by Crippen LogP contribution is 2.26. The maximum atomic E-state index is 14.2. The van der Waals surface area contributed by atoms with E-state index in [9.17, 15) is 9.18 Å². The molecule has 1 fully saturated rings. The van der Waals surface area contributed by atoms with Crippen LogP contribution < -0.4 is 4.90 Å². The smallest absolute Gasteiger partial charge is 0.222 e. The normalized spacial score (nSPS) is 14.3. The van der Waals surface area contributed by atoms with E-state index in [0.29, 0.717) is 37.3 Å². The summed E-state index contributed by atoms with van der Waals surface area (Å²) in [5, 5.41) is 0. The molecule has 29 heavy (non-hydrogen) atoms. The minimum absolute atomic E-state index is 0.207. The number of piperazine rings is 1. The molecule has 0 aliphatic carbocycles. The van der Waals surface area contributed by atoms with Gasteiger partial charge in [0.05, 0.1) is 0 Å². The van der Waals surface area contributed by atoms with E-state index in [-0.39, 0.29) is 11.7 Å².